The summed E-state index contributed by atoms with van der Waals surface area (Å²) in [5, 5.41) is 87.0. The number of sulfonamides is 4. The maximum atomic E-state index is 13.8. The van der Waals surface area contributed by atoms with E-state index in [0.717, 1.165) is 44.9 Å². The van der Waals surface area contributed by atoms with Crippen LogP contribution in [0.15, 0.2) is 215 Å². The quantitative estimate of drug-likeness (QED) is 0.0251. The third-order valence-electron chi connectivity index (χ3n) is 24.8. The molecule has 0 bridgehead atoms. The number of hydrogen-bond donors (Lipinski definition) is 9. The molecule has 41 heteroatoms. The van der Waals surface area contributed by atoms with Gasteiger partial charge in [-0.15, -0.1) is 0 Å². The molecule has 4 aliphatic rings. The normalized spacial score (nSPS) is 16.8. The number of carbonyl (C=O) groups excluding carboxylic acids is 5. The molecule has 16 rings (SSSR count). The Bertz CT molecular complexity index is 6850. The number of aliphatic hydroxyl groups excluding tert-OH is 3. The molecule has 0 spiro atoms. The first-order valence-electron chi connectivity index (χ1n) is 43.3. The van der Waals surface area contributed by atoms with Crippen molar-refractivity contribution < 1.29 is 73.0 Å². The van der Waals surface area contributed by atoms with Gasteiger partial charge in [-0.25, -0.2) is 49.1 Å². The zero-order chi connectivity index (χ0) is 94.2. The van der Waals surface area contributed by atoms with E-state index in [1.807, 2.05) is 4.90 Å². The molecule has 6 unspecified atom stereocenters. The fourth-order valence-electron chi connectivity index (χ4n) is 17.9. The number of aromatic nitrogens is 8. The number of nitriles is 4. The van der Waals surface area contributed by atoms with E-state index in [-0.39, 0.29) is 107 Å². The van der Waals surface area contributed by atoms with Gasteiger partial charge in [-0.3, -0.25) is 24.0 Å². The summed E-state index contributed by atoms with van der Waals surface area (Å²) in [4.78, 5) is 76.1. The molecular formula is C91H105N21O16S4. The van der Waals surface area contributed by atoms with Gasteiger partial charge in [-0.2, -0.15) is 25.8 Å². The number of aromatic amines is 1. The van der Waals surface area contributed by atoms with Gasteiger partial charge in [0.25, 0.3) is 0 Å². The highest BCUT2D eigenvalue weighted by Gasteiger charge is 2.38. The number of benzene rings is 4. The van der Waals surface area contributed by atoms with Crippen LogP contribution in [0, 0.1) is 57.2 Å². The lowest BCUT2D eigenvalue weighted by Crippen LogP contribution is -2.49. The number of carbonyl (C=O) groups is 5. The summed E-state index contributed by atoms with van der Waals surface area (Å²) in [5.41, 5.74) is 4.41. The summed E-state index contributed by atoms with van der Waals surface area (Å²) in [5.74, 6) is -0.566. The van der Waals surface area contributed by atoms with Crippen molar-refractivity contribution in [3.63, 3.8) is 0 Å². The number of aryl methyl sites for hydroxylation is 4. The third kappa shape index (κ3) is 22.4. The summed E-state index contributed by atoms with van der Waals surface area (Å²) in [6.45, 7) is 5.26. The number of nitrogens with zero attached hydrogens (tertiary/aromatic N) is 15. The number of likely N-dealkylation sites (tertiary alicyclic amines) is 3. The molecule has 4 fully saturated rings. The van der Waals surface area contributed by atoms with Crippen molar-refractivity contribution in [2.75, 3.05) is 72.2 Å². The van der Waals surface area contributed by atoms with Gasteiger partial charge in [0, 0.05) is 175 Å². The van der Waals surface area contributed by atoms with Gasteiger partial charge >= 0.3 is 0 Å². The molecule has 12 aromatic rings. The van der Waals surface area contributed by atoms with Gasteiger partial charge < -0.3 is 77.2 Å². The Balaban J connectivity index is 0.000000150. The van der Waals surface area contributed by atoms with Crippen molar-refractivity contribution in [1.82, 2.24) is 66.6 Å². The highest BCUT2D eigenvalue weighted by Crippen LogP contribution is 2.36. The van der Waals surface area contributed by atoms with E-state index < -0.39 is 70.2 Å². The fourth-order valence-corrected chi connectivity index (χ4v) is 21.6. The molecule has 12 heterocycles. The van der Waals surface area contributed by atoms with E-state index in [4.69, 9.17) is 15.4 Å². The maximum Gasteiger partial charge on any atom is 0.246 e. The molecule has 0 aliphatic carbocycles. The van der Waals surface area contributed by atoms with Crippen molar-refractivity contribution in [1.29, 1.82) is 21.0 Å². The van der Waals surface area contributed by atoms with Crippen LogP contribution in [-0.2, 0) is 90.2 Å². The minimum absolute atomic E-state index is 0.00772. The number of nitrogens with two attached hydrogens (primary N) is 3. The number of amides is 5. The molecule has 37 nitrogen and oxygen atoms in total. The lowest BCUT2D eigenvalue weighted by molar-refractivity contribution is -0.140. The van der Waals surface area contributed by atoms with Crippen molar-refractivity contribution >= 4 is 113 Å². The number of primary sulfonamides is 3. The first kappa shape index (κ1) is 96.5. The monoisotopic (exact) mass is 1880 g/mol. The minimum Gasteiger partial charge on any atom is -0.396 e. The smallest absolute Gasteiger partial charge is 0.246 e. The predicted octanol–water partition coefficient (Wildman–Crippen LogP) is 6.54. The van der Waals surface area contributed by atoms with Crippen molar-refractivity contribution in [2.24, 2.45) is 27.3 Å². The summed E-state index contributed by atoms with van der Waals surface area (Å²) < 4.78 is 114. The Hall–Kier alpha value is -13.0. The summed E-state index contributed by atoms with van der Waals surface area (Å²) in [7, 11) is -15.8. The Morgan fingerprint density at radius 1 is 0.424 bits per heavy atom. The number of aliphatic hydroxyl groups is 3. The van der Waals surface area contributed by atoms with Crippen LogP contribution >= 0.6 is 0 Å². The van der Waals surface area contributed by atoms with Crippen LogP contribution < -0.4 is 25.5 Å². The molecule has 12 N–H and O–H groups in total. The molecule has 0 radical (unpaired) electrons. The Morgan fingerprint density at radius 2 is 0.856 bits per heavy atom. The summed E-state index contributed by atoms with van der Waals surface area (Å²) in [6.07, 6.45) is 21.2. The number of H-pyrrole nitrogens is 1. The average molecular weight is 1880 g/mol. The number of rotatable bonds is 28. The van der Waals surface area contributed by atoms with Crippen LogP contribution in [0.25, 0.3) is 43.6 Å². The van der Waals surface area contributed by atoms with Crippen LogP contribution in [-0.4, -0.2) is 219 Å². The van der Waals surface area contributed by atoms with Gasteiger partial charge in [0.2, 0.25) is 69.6 Å². The van der Waals surface area contributed by atoms with E-state index in [1.54, 1.807) is 213 Å². The maximum absolute atomic E-state index is 13.8. The number of hydrogen-bond acceptors (Lipinski definition) is 20. The van der Waals surface area contributed by atoms with Gasteiger partial charge in [0.15, 0.2) is 0 Å². The van der Waals surface area contributed by atoms with Crippen LogP contribution in [0.3, 0.4) is 0 Å². The zero-order valence-electron chi connectivity index (χ0n) is 72.3. The highest BCUT2D eigenvalue weighted by molar-refractivity contribution is 7.90. The molecular weight excluding hydrogens is 1770 g/mol. The molecule has 132 heavy (non-hydrogen) atoms. The molecule has 694 valence electrons. The molecule has 4 saturated heterocycles. The Labute approximate surface area is 763 Å². The second-order valence-electron chi connectivity index (χ2n) is 33.0. The number of nitrogens with one attached hydrogen (secondary N) is 3. The molecule has 5 amide bonds. The predicted molar refractivity (Wildman–Crippen MR) is 488 cm³/mol. The summed E-state index contributed by atoms with van der Waals surface area (Å²) >= 11 is 0. The number of fused-ring (bicyclic) bond motifs is 4. The van der Waals surface area contributed by atoms with Gasteiger partial charge in [0.1, 0.15) is 71.2 Å². The second kappa shape index (κ2) is 42.9. The van der Waals surface area contributed by atoms with Crippen molar-refractivity contribution in [3.8, 4) is 24.3 Å². The Kier molecular flexibility index (Phi) is 31.4. The van der Waals surface area contributed by atoms with E-state index in [9.17, 15) is 94.0 Å². The zero-order valence-corrected chi connectivity index (χ0v) is 75.6. The van der Waals surface area contributed by atoms with Gasteiger partial charge in [-0.05, 0) is 204 Å². The highest BCUT2D eigenvalue weighted by atomic mass is 32.2. The van der Waals surface area contributed by atoms with Crippen LogP contribution in [0.4, 0.5) is 0 Å². The first-order chi connectivity index (χ1) is 63.4. The Morgan fingerprint density at radius 3 is 1.30 bits per heavy atom. The van der Waals surface area contributed by atoms with Crippen molar-refractivity contribution in [2.45, 2.75) is 153 Å². The van der Waals surface area contributed by atoms with E-state index in [2.05, 4.69) is 39.3 Å². The van der Waals surface area contributed by atoms with Crippen LogP contribution in [0.1, 0.15) is 118 Å². The van der Waals surface area contributed by atoms with Crippen molar-refractivity contribution in [3.05, 3.63) is 218 Å². The topological polar surface area (TPSA) is 543 Å². The molecule has 4 aliphatic heterocycles. The molecule has 8 aromatic heterocycles. The SMILES string of the molecule is N#Cc1cccn1CCC(C(=O)N1CCC(CO)CC1)n1ccc2c(S(N)(=O)=O)cccc21.N#Cc1cccn1CCC(C(=O)N1CCCC(CO)C1)n1ccc2c(S(N)(=O)=O)cccc21.N#Cc1cccn1CCC(C(=O)N1CCCCC1CO)n1ccc2c(S(N)(=O)=O)cccc21.N#Cc1cccn1CCC(NS(=O)(=O)c1cccc2[nH]ccc12)C(=O)N1CCNC(=O)CC1. The van der Waals surface area contributed by atoms with Crippen LogP contribution in [0.5, 0.6) is 0 Å². The largest absolute Gasteiger partial charge is 0.396 e. The number of piperidine rings is 3. The third-order valence-corrected chi connectivity index (χ3v) is 29.2. The molecule has 0 saturated carbocycles. The average Bonchev–Trinajstić information content (AvgIpc) is 1.63. The van der Waals surface area contributed by atoms with E-state index >= 15 is 0 Å². The van der Waals surface area contributed by atoms with E-state index in [1.165, 1.54) is 29.2 Å². The summed E-state index contributed by atoms with van der Waals surface area (Å²) in [6, 6.07) is 45.3. The standard InChI is InChI=1S/3C23H27N5O4S.C22H24N6O4S/c24-14-18-5-3-10-26(18)12-9-21(23(30)27-11-2-4-17(15-27)16-29)28-13-8-19-20(28)6-1-7-22(19)33(25,31)32;24-15-18-3-2-10-26(18)13-9-21(23(30)27-11-6-17(16-29)7-12-27)28-14-8-19-20(28)4-1-5-22(19)33(25,31)32;24-15-17-6-4-11-26(17)13-10-21(23(30)27-12-2-1-5-18(27)16-29)28-14-9-19-20(28)7-3-8-22(19)33(25,31)32;23-15-16-3-2-11-27(16)12-7-19(22(30)28-13-8-21(29)25-10-14-28)26-33(31,32)20-5-1-4-18-17(20)6-9-24-18/h1,3,5-8,10,13,17,21,29H,2,4,9,11-12,15-16H2,(H2,25,31,32);1-5,8,10,14,17,21,29H,6-7,9,11-13,16H2,(H2,25,31,32);3-4,6-9,11,14,18,21,29H,1-2,5,10,12-13,16H2,(H2,25,31,32);1-6,9,11,19,24,26H,7-8,10,12-14H2,(H,25,29). The lowest BCUT2D eigenvalue weighted by Gasteiger charge is -2.37. The second-order valence-corrected chi connectivity index (χ2v) is 39.2. The van der Waals surface area contributed by atoms with Gasteiger partial charge in [-0.1, -0.05) is 24.3 Å². The fraction of sp³-hybridized carbons (Fsp3) is 0.374. The van der Waals surface area contributed by atoms with E-state index in [0.29, 0.717) is 151 Å². The molecule has 6 atom stereocenters. The first-order valence-corrected chi connectivity index (χ1v) is 49.4. The molecule has 4 aromatic carbocycles. The van der Waals surface area contributed by atoms with Crippen LogP contribution in [0.2, 0.25) is 0 Å². The van der Waals surface area contributed by atoms with Gasteiger partial charge in [0.05, 0.1) is 48.8 Å². The lowest BCUT2D eigenvalue weighted by atomic mass is 9.97. The minimum atomic E-state index is -4.04.